The van der Waals surface area contributed by atoms with Gasteiger partial charge in [-0.15, -0.1) is 0 Å². The number of hydrogen-bond donors (Lipinski definition) is 1. The quantitative estimate of drug-likeness (QED) is 0.500. The smallest absolute Gasteiger partial charge is 0.138 e. The van der Waals surface area contributed by atoms with Gasteiger partial charge in [0.25, 0.3) is 0 Å². The van der Waals surface area contributed by atoms with E-state index in [0.717, 1.165) is 11.5 Å². The molecule has 0 spiro atoms. The van der Waals surface area contributed by atoms with Crippen LogP contribution in [0.2, 0.25) is 0 Å². The third-order valence-electron chi connectivity index (χ3n) is 1.38. The highest BCUT2D eigenvalue weighted by Crippen LogP contribution is 2.07. The van der Waals surface area contributed by atoms with E-state index in [9.17, 15) is 0 Å². The maximum Gasteiger partial charge on any atom is 0.138 e. The lowest BCUT2D eigenvalue weighted by atomic mass is 10.3. The Morgan fingerprint density at radius 1 is 1.58 bits per heavy atom. The van der Waals surface area contributed by atoms with Crippen LogP contribution >= 0.6 is 0 Å². The Morgan fingerprint density at radius 3 is 2.58 bits per heavy atom. The number of hydrogen-bond acceptors (Lipinski definition) is 2. The van der Waals surface area contributed by atoms with Crippen LogP contribution < -0.4 is 5.32 Å². The molecule has 0 heterocycles. The summed E-state index contributed by atoms with van der Waals surface area (Å²) in [6.07, 6.45) is 5.54. The van der Waals surface area contributed by atoms with Crippen molar-refractivity contribution in [1.29, 1.82) is 0 Å². The Hall–Kier alpha value is -1.18. The largest absolute Gasteiger partial charge is 0.492 e. The molecule has 0 aromatic heterocycles. The number of likely N-dealkylation sites (N-methyl/N-ethyl adjacent to an activating group) is 1. The maximum absolute atomic E-state index is 5.38. The molecule has 2 nitrogen and oxygen atoms in total. The van der Waals surface area contributed by atoms with Crippen molar-refractivity contribution in [3.05, 3.63) is 36.3 Å². The third kappa shape index (κ3) is 3.28. The lowest BCUT2D eigenvalue weighted by molar-refractivity contribution is 0.234. The Kier molecular flexibility index (Phi) is 5.88. The van der Waals surface area contributed by atoms with Gasteiger partial charge in [0.1, 0.15) is 5.76 Å². The van der Waals surface area contributed by atoms with Crippen molar-refractivity contribution in [3.63, 3.8) is 0 Å². The van der Waals surface area contributed by atoms with E-state index in [2.05, 4.69) is 11.9 Å². The monoisotopic (exact) mass is 167 g/mol. The normalized spacial score (nSPS) is 12.6. The van der Waals surface area contributed by atoms with Gasteiger partial charge in [-0.25, -0.2) is 0 Å². The van der Waals surface area contributed by atoms with Gasteiger partial charge < -0.3 is 10.1 Å². The summed E-state index contributed by atoms with van der Waals surface area (Å²) in [6, 6.07) is 0. The fraction of sp³-hybridized carbons (Fsp3) is 0.400. The zero-order valence-electron chi connectivity index (χ0n) is 8.05. The van der Waals surface area contributed by atoms with E-state index in [1.165, 1.54) is 0 Å². The van der Waals surface area contributed by atoms with Gasteiger partial charge >= 0.3 is 0 Å². The molecule has 0 fully saturated rings. The summed E-state index contributed by atoms with van der Waals surface area (Å²) in [6.45, 7) is 8.21. The highest BCUT2D eigenvalue weighted by atomic mass is 16.5. The molecule has 0 radical (unpaired) electrons. The van der Waals surface area contributed by atoms with Crippen molar-refractivity contribution in [1.82, 2.24) is 5.32 Å². The molecule has 0 aliphatic heterocycles. The molecule has 0 aliphatic carbocycles. The van der Waals surface area contributed by atoms with E-state index in [4.69, 9.17) is 4.74 Å². The van der Waals surface area contributed by atoms with Crippen LogP contribution in [0.25, 0.3) is 0 Å². The average Bonchev–Trinajstić information content (AvgIpc) is 2.11. The van der Waals surface area contributed by atoms with Gasteiger partial charge in [0, 0.05) is 7.05 Å². The molecule has 0 saturated heterocycles. The van der Waals surface area contributed by atoms with Gasteiger partial charge in [0.2, 0.25) is 0 Å². The molecular weight excluding hydrogens is 150 g/mol. The maximum atomic E-state index is 5.38. The Balaban J connectivity index is 4.45. The third-order valence-corrected chi connectivity index (χ3v) is 1.38. The first-order valence-electron chi connectivity index (χ1n) is 4.10. The SMILES string of the molecule is C=C/C=C(NC)\C(=C/C)OCC. The molecule has 0 amide bonds. The van der Waals surface area contributed by atoms with E-state index in [1.54, 1.807) is 6.08 Å². The summed E-state index contributed by atoms with van der Waals surface area (Å²) >= 11 is 0. The second kappa shape index (κ2) is 6.53. The second-order valence-electron chi connectivity index (χ2n) is 2.15. The first-order chi connectivity index (χ1) is 5.79. The molecule has 0 rings (SSSR count). The first-order valence-corrected chi connectivity index (χ1v) is 4.10. The summed E-state index contributed by atoms with van der Waals surface area (Å²) in [5.41, 5.74) is 0.953. The zero-order valence-corrected chi connectivity index (χ0v) is 8.05. The molecule has 0 aliphatic rings. The molecule has 0 atom stereocenters. The van der Waals surface area contributed by atoms with Gasteiger partial charge in [0.05, 0.1) is 12.3 Å². The molecule has 0 unspecified atom stereocenters. The van der Waals surface area contributed by atoms with Crippen LogP contribution in [-0.4, -0.2) is 13.7 Å². The Labute approximate surface area is 74.6 Å². The van der Waals surface area contributed by atoms with Gasteiger partial charge in [-0.05, 0) is 26.0 Å². The van der Waals surface area contributed by atoms with Gasteiger partial charge in [-0.2, -0.15) is 0 Å². The Morgan fingerprint density at radius 2 is 2.25 bits per heavy atom. The van der Waals surface area contributed by atoms with Gasteiger partial charge in [0.15, 0.2) is 0 Å². The number of nitrogens with one attached hydrogen (secondary N) is 1. The highest BCUT2D eigenvalue weighted by molar-refractivity contribution is 5.26. The van der Waals surface area contributed by atoms with Crippen molar-refractivity contribution >= 4 is 0 Å². The fourth-order valence-corrected chi connectivity index (χ4v) is 0.879. The second-order valence-corrected chi connectivity index (χ2v) is 2.15. The molecule has 12 heavy (non-hydrogen) atoms. The lowest BCUT2D eigenvalue weighted by Crippen LogP contribution is -2.10. The molecule has 0 saturated carbocycles. The minimum atomic E-state index is 0.676. The number of ether oxygens (including phenoxy) is 1. The standard InChI is InChI=1S/C10H17NO/c1-5-8-9(11-4)10(6-2)12-7-3/h5-6,8,11H,1,7H2,2-4H3/b9-8+,10-6+. The fourth-order valence-electron chi connectivity index (χ4n) is 0.879. The van der Waals surface area contributed by atoms with Gasteiger partial charge in [-0.1, -0.05) is 12.7 Å². The van der Waals surface area contributed by atoms with E-state index in [0.29, 0.717) is 6.61 Å². The van der Waals surface area contributed by atoms with Crippen LogP contribution in [0.15, 0.2) is 36.3 Å². The lowest BCUT2D eigenvalue weighted by Gasteiger charge is -2.10. The van der Waals surface area contributed by atoms with Crippen LogP contribution in [-0.2, 0) is 4.74 Å². The minimum Gasteiger partial charge on any atom is -0.492 e. The predicted molar refractivity (Wildman–Crippen MR) is 52.7 cm³/mol. The molecule has 68 valence electrons. The number of rotatable bonds is 5. The van der Waals surface area contributed by atoms with Crippen molar-refractivity contribution in [2.75, 3.05) is 13.7 Å². The summed E-state index contributed by atoms with van der Waals surface area (Å²) in [7, 11) is 1.86. The first kappa shape index (κ1) is 10.8. The summed E-state index contributed by atoms with van der Waals surface area (Å²) in [4.78, 5) is 0. The topological polar surface area (TPSA) is 21.3 Å². The van der Waals surface area contributed by atoms with E-state index >= 15 is 0 Å². The van der Waals surface area contributed by atoms with Crippen molar-refractivity contribution in [2.24, 2.45) is 0 Å². The predicted octanol–water partition coefficient (Wildman–Crippen LogP) is 2.22. The summed E-state index contributed by atoms with van der Waals surface area (Å²) < 4.78 is 5.38. The van der Waals surface area contributed by atoms with E-state index in [1.807, 2.05) is 33.0 Å². The van der Waals surface area contributed by atoms with Crippen LogP contribution in [0.4, 0.5) is 0 Å². The molecule has 0 aromatic carbocycles. The Bertz CT molecular complexity index is 192. The molecule has 0 aromatic rings. The average molecular weight is 167 g/mol. The van der Waals surface area contributed by atoms with Crippen LogP contribution in [0, 0.1) is 0 Å². The highest BCUT2D eigenvalue weighted by Gasteiger charge is 1.99. The van der Waals surface area contributed by atoms with Crippen LogP contribution in [0.1, 0.15) is 13.8 Å². The van der Waals surface area contributed by atoms with Crippen molar-refractivity contribution in [2.45, 2.75) is 13.8 Å². The van der Waals surface area contributed by atoms with Crippen molar-refractivity contribution < 1.29 is 4.74 Å². The molecule has 1 N–H and O–H groups in total. The van der Waals surface area contributed by atoms with Crippen LogP contribution in [0.3, 0.4) is 0 Å². The van der Waals surface area contributed by atoms with Crippen molar-refractivity contribution in [3.8, 4) is 0 Å². The molecular formula is C10H17NO. The van der Waals surface area contributed by atoms with Gasteiger partial charge in [-0.3, -0.25) is 0 Å². The summed E-state index contributed by atoms with van der Waals surface area (Å²) in [5.74, 6) is 0.861. The minimum absolute atomic E-state index is 0.676. The van der Waals surface area contributed by atoms with E-state index in [-0.39, 0.29) is 0 Å². The molecule has 2 heteroatoms. The van der Waals surface area contributed by atoms with E-state index < -0.39 is 0 Å². The summed E-state index contributed by atoms with van der Waals surface area (Å²) in [5, 5.41) is 3.04. The zero-order chi connectivity index (χ0) is 9.40. The van der Waals surface area contributed by atoms with Crippen LogP contribution in [0.5, 0.6) is 0 Å². The number of allylic oxidation sites excluding steroid dienone is 3. The molecule has 0 bridgehead atoms.